The summed E-state index contributed by atoms with van der Waals surface area (Å²) < 4.78 is 77.5. The van der Waals surface area contributed by atoms with Crippen LogP contribution in [0.3, 0.4) is 0 Å². The van der Waals surface area contributed by atoms with Gasteiger partial charge in [0, 0.05) is 16.3 Å². The van der Waals surface area contributed by atoms with Gasteiger partial charge in [0.15, 0.2) is 11.4 Å². The highest BCUT2D eigenvalue weighted by Crippen LogP contribution is 2.40. The largest absolute Gasteiger partial charge is 0.437 e. The molecule has 3 nitrogen and oxygen atoms in total. The van der Waals surface area contributed by atoms with Crippen LogP contribution in [-0.2, 0) is 12.4 Å². The van der Waals surface area contributed by atoms with E-state index in [9.17, 15) is 26.3 Å². The number of H-pyrrole nitrogens is 1. The Morgan fingerprint density at radius 3 is 2.00 bits per heavy atom. The topological polar surface area (TPSA) is 41.6 Å². The molecule has 0 aliphatic heterocycles. The number of nitrogens with one attached hydrogen (secondary N) is 1. The lowest BCUT2D eigenvalue weighted by Crippen LogP contribution is -2.15. The van der Waals surface area contributed by atoms with Crippen LogP contribution < -0.4 is 0 Å². The smallest absolute Gasteiger partial charge is 0.353 e. The maximum atomic E-state index is 13.0. The molecule has 0 fully saturated rings. The summed E-state index contributed by atoms with van der Waals surface area (Å²) >= 11 is 0. The lowest BCUT2D eigenvalue weighted by Gasteiger charge is -2.10. The molecule has 0 aliphatic carbocycles. The van der Waals surface area contributed by atoms with Gasteiger partial charge in [-0.15, -0.1) is 10.2 Å². The molecule has 1 N–H and O–H groups in total. The average molecular weight is 305 g/mol. The van der Waals surface area contributed by atoms with Crippen LogP contribution in [0.2, 0.25) is 0 Å². The van der Waals surface area contributed by atoms with E-state index in [1.54, 1.807) is 0 Å². The Bertz CT molecular complexity index is 830. The van der Waals surface area contributed by atoms with Gasteiger partial charge in [-0.1, -0.05) is 18.2 Å². The summed E-state index contributed by atoms with van der Waals surface area (Å²) in [5.74, 6) is 0. The number of halogens is 6. The Labute approximate surface area is 112 Å². The van der Waals surface area contributed by atoms with E-state index in [0.29, 0.717) is 0 Å². The van der Waals surface area contributed by atoms with Crippen LogP contribution >= 0.6 is 0 Å². The fraction of sp³-hybridized carbons (Fsp3) is 0.167. The molecular weight excluding hydrogens is 300 g/mol. The zero-order chi connectivity index (χ0) is 15.4. The summed E-state index contributed by atoms with van der Waals surface area (Å²) in [5, 5.41) is 4.85. The van der Waals surface area contributed by atoms with Gasteiger partial charge in [0.05, 0.1) is 5.52 Å². The van der Waals surface area contributed by atoms with Crippen LogP contribution in [0.1, 0.15) is 11.4 Å². The Kier molecular flexibility index (Phi) is 2.66. The van der Waals surface area contributed by atoms with Gasteiger partial charge in [0.1, 0.15) is 0 Å². The van der Waals surface area contributed by atoms with Crippen molar-refractivity contribution in [1.82, 2.24) is 15.2 Å². The molecule has 0 radical (unpaired) electrons. The predicted molar refractivity (Wildman–Crippen MR) is 61.4 cm³/mol. The maximum Gasteiger partial charge on any atom is 0.437 e. The molecule has 0 unspecified atom stereocenters. The van der Waals surface area contributed by atoms with Crippen LogP contribution in [0.15, 0.2) is 24.3 Å². The molecule has 0 amide bonds. The third kappa shape index (κ3) is 2.08. The molecule has 0 atom stereocenters. The molecule has 0 aliphatic rings. The monoisotopic (exact) mass is 305 g/mol. The van der Waals surface area contributed by atoms with Crippen molar-refractivity contribution in [3.05, 3.63) is 35.7 Å². The standard InChI is InChI=1S/C12H5F6N3/c13-11(14,15)9-7-5-3-1-2-4-6(5)19-8(7)10(21-20-9)12(16,17)18/h1-4,19H. The fourth-order valence-electron chi connectivity index (χ4n) is 2.16. The number of fused-ring (bicyclic) bond motifs is 3. The van der Waals surface area contributed by atoms with Crippen molar-refractivity contribution in [2.24, 2.45) is 0 Å². The van der Waals surface area contributed by atoms with E-state index in [1.165, 1.54) is 24.3 Å². The lowest BCUT2D eigenvalue weighted by atomic mass is 10.1. The van der Waals surface area contributed by atoms with E-state index in [-0.39, 0.29) is 10.9 Å². The molecule has 2 aromatic heterocycles. The number of nitrogens with zero attached hydrogens (tertiary/aromatic N) is 2. The Morgan fingerprint density at radius 1 is 0.810 bits per heavy atom. The molecule has 0 spiro atoms. The molecule has 9 heteroatoms. The molecule has 21 heavy (non-hydrogen) atoms. The van der Waals surface area contributed by atoms with Gasteiger partial charge in [0.25, 0.3) is 0 Å². The summed E-state index contributed by atoms with van der Waals surface area (Å²) in [6, 6.07) is 5.61. The number of alkyl halides is 6. The van der Waals surface area contributed by atoms with Gasteiger partial charge >= 0.3 is 12.4 Å². The molecule has 110 valence electrons. The molecular formula is C12H5F6N3. The number of rotatable bonds is 0. The van der Waals surface area contributed by atoms with Gasteiger partial charge < -0.3 is 4.98 Å². The summed E-state index contributed by atoms with van der Waals surface area (Å²) in [5.41, 5.74) is -3.48. The van der Waals surface area contributed by atoms with Crippen LogP contribution in [-0.4, -0.2) is 15.2 Å². The van der Waals surface area contributed by atoms with Gasteiger partial charge in [-0.05, 0) is 6.07 Å². The fourth-order valence-corrected chi connectivity index (χ4v) is 2.16. The van der Waals surface area contributed by atoms with Crippen LogP contribution in [0, 0.1) is 0 Å². The van der Waals surface area contributed by atoms with E-state index in [2.05, 4.69) is 15.2 Å². The minimum absolute atomic E-state index is 0.0141. The zero-order valence-corrected chi connectivity index (χ0v) is 9.97. The van der Waals surface area contributed by atoms with Gasteiger partial charge in [-0.25, -0.2) is 0 Å². The first-order valence-corrected chi connectivity index (χ1v) is 5.61. The number of hydrogen-bond acceptors (Lipinski definition) is 2. The first kappa shape index (κ1) is 13.7. The van der Waals surface area contributed by atoms with Crippen LogP contribution in [0.4, 0.5) is 26.3 Å². The van der Waals surface area contributed by atoms with Crippen molar-refractivity contribution >= 4 is 21.8 Å². The SMILES string of the molecule is FC(F)(F)c1nnc(C(F)(F)F)c2c1[nH]c1ccccc12. The summed E-state index contributed by atoms with van der Waals surface area (Å²) in [6.45, 7) is 0. The van der Waals surface area contributed by atoms with Crippen molar-refractivity contribution in [3.63, 3.8) is 0 Å². The van der Waals surface area contributed by atoms with E-state index >= 15 is 0 Å². The lowest BCUT2D eigenvalue weighted by molar-refractivity contribution is -0.145. The summed E-state index contributed by atoms with van der Waals surface area (Å²) in [4.78, 5) is 2.34. The number of hydrogen-bond donors (Lipinski definition) is 1. The molecule has 2 heterocycles. The Morgan fingerprint density at radius 2 is 1.38 bits per heavy atom. The van der Waals surface area contributed by atoms with Gasteiger partial charge in [-0.2, -0.15) is 26.3 Å². The molecule has 0 saturated carbocycles. The van der Waals surface area contributed by atoms with E-state index in [4.69, 9.17) is 0 Å². The van der Waals surface area contributed by atoms with Crippen molar-refractivity contribution in [2.45, 2.75) is 12.4 Å². The molecule has 3 aromatic rings. The highest BCUT2D eigenvalue weighted by Gasteiger charge is 2.42. The summed E-state index contributed by atoms with van der Waals surface area (Å²) in [7, 11) is 0. The van der Waals surface area contributed by atoms with Crippen LogP contribution in [0.25, 0.3) is 21.8 Å². The quantitative estimate of drug-likeness (QED) is 0.634. The zero-order valence-electron chi connectivity index (χ0n) is 9.97. The first-order valence-electron chi connectivity index (χ1n) is 5.61. The van der Waals surface area contributed by atoms with E-state index in [0.717, 1.165) is 0 Å². The average Bonchev–Trinajstić information content (AvgIpc) is 2.74. The molecule has 3 rings (SSSR count). The van der Waals surface area contributed by atoms with E-state index in [1.807, 2.05) is 0 Å². The minimum atomic E-state index is -4.91. The third-order valence-electron chi connectivity index (χ3n) is 2.97. The Balaban J connectivity index is 2.53. The van der Waals surface area contributed by atoms with Crippen LogP contribution in [0.5, 0.6) is 0 Å². The van der Waals surface area contributed by atoms with Crippen molar-refractivity contribution in [3.8, 4) is 0 Å². The second kappa shape index (κ2) is 4.09. The first-order chi connectivity index (χ1) is 9.69. The number of aromatic nitrogens is 3. The highest BCUT2D eigenvalue weighted by atomic mass is 19.4. The van der Waals surface area contributed by atoms with E-state index < -0.39 is 34.6 Å². The summed E-state index contributed by atoms with van der Waals surface area (Å²) in [6.07, 6.45) is -9.81. The van der Waals surface area contributed by atoms with Gasteiger partial charge in [-0.3, -0.25) is 0 Å². The Hall–Kier alpha value is -2.32. The minimum Gasteiger partial charge on any atom is -0.353 e. The molecule has 0 bridgehead atoms. The molecule has 1 aromatic carbocycles. The van der Waals surface area contributed by atoms with Gasteiger partial charge in [0.2, 0.25) is 0 Å². The number of aromatic amines is 1. The predicted octanol–water partition coefficient (Wildman–Crippen LogP) is 4.15. The number of para-hydroxylation sites is 1. The number of benzene rings is 1. The highest BCUT2D eigenvalue weighted by molar-refractivity contribution is 6.09. The van der Waals surface area contributed by atoms with Crippen molar-refractivity contribution < 1.29 is 26.3 Å². The maximum absolute atomic E-state index is 13.0. The third-order valence-corrected chi connectivity index (χ3v) is 2.97. The van der Waals surface area contributed by atoms with Crippen molar-refractivity contribution in [2.75, 3.05) is 0 Å². The second-order valence-electron chi connectivity index (χ2n) is 4.31. The second-order valence-corrected chi connectivity index (χ2v) is 4.31. The molecule has 0 saturated heterocycles. The van der Waals surface area contributed by atoms with Crippen molar-refractivity contribution in [1.29, 1.82) is 0 Å². The normalized spacial score (nSPS) is 13.2.